The van der Waals surface area contributed by atoms with Gasteiger partial charge in [-0.1, -0.05) is 11.6 Å². The largest absolute Gasteiger partial charge is 0.451 e. The molecule has 2 N–H and O–H groups in total. The van der Waals surface area contributed by atoms with Crippen molar-refractivity contribution in [1.29, 1.82) is 0 Å². The summed E-state index contributed by atoms with van der Waals surface area (Å²) in [5.74, 6) is -4.51. The second-order valence-electron chi connectivity index (χ2n) is 8.53. The number of hydrogen-bond donors (Lipinski definition) is 1. The maximum absolute atomic E-state index is 14.8. The number of ether oxygens (including phenoxy) is 2. The van der Waals surface area contributed by atoms with Crippen LogP contribution >= 0.6 is 11.6 Å². The second kappa shape index (κ2) is 11.3. The average molecular weight is 559 g/mol. The van der Waals surface area contributed by atoms with Crippen LogP contribution in [-0.4, -0.2) is 92.9 Å². The third-order valence-electron chi connectivity index (χ3n) is 6.09. The summed E-state index contributed by atoms with van der Waals surface area (Å²) in [6.07, 6.45) is 0. The zero-order valence-corrected chi connectivity index (χ0v) is 21.2. The van der Waals surface area contributed by atoms with Crippen LogP contribution in [0.5, 0.6) is 11.5 Å². The van der Waals surface area contributed by atoms with E-state index in [0.29, 0.717) is 43.5 Å². The van der Waals surface area contributed by atoms with Gasteiger partial charge in [-0.15, -0.1) is 0 Å². The molecule has 4 rings (SSSR count). The van der Waals surface area contributed by atoms with E-state index in [2.05, 4.69) is 0 Å². The fraction of sp³-hybridized carbons (Fsp3) is 0.391. The van der Waals surface area contributed by atoms with Gasteiger partial charge in [0.2, 0.25) is 21.8 Å². The molecule has 0 saturated carbocycles. The first-order valence-electron chi connectivity index (χ1n) is 11.4. The number of piperazine rings is 1. The van der Waals surface area contributed by atoms with E-state index in [-0.39, 0.29) is 37.8 Å². The second-order valence-corrected chi connectivity index (χ2v) is 10.9. The summed E-state index contributed by atoms with van der Waals surface area (Å²) in [5.41, 5.74) is 5.47. The molecule has 0 spiro atoms. The van der Waals surface area contributed by atoms with Gasteiger partial charge in [0.15, 0.2) is 17.4 Å². The van der Waals surface area contributed by atoms with Crippen molar-refractivity contribution in [3.05, 3.63) is 53.1 Å². The molecule has 2 aliphatic heterocycles. The van der Waals surface area contributed by atoms with Gasteiger partial charge in [-0.05, 0) is 36.4 Å². The predicted octanol–water partition coefficient (Wildman–Crippen LogP) is 1.43. The molecule has 10 nitrogen and oxygen atoms in total. The SMILES string of the molecule is NC(=O)[C@H]1CN(C(=O)CN2CCOCC2)CCN1S(=O)(=O)c1cc(F)c(Oc2ccc(Cl)cc2)c(F)c1. The molecule has 2 aromatic carbocycles. The molecule has 0 radical (unpaired) electrons. The molecule has 2 aliphatic rings. The first-order valence-corrected chi connectivity index (χ1v) is 13.2. The van der Waals surface area contributed by atoms with Crippen LogP contribution in [0.25, 0.3) is 0 Å². The normalized spacial score (nSPS) is 19.5. The Morgan fingerprint density at radius 1 is 1.05 bits per heavy atom. The number of sulfonamides is 1. The molecule has 2 fully saturated rings. The molecule has 200 valence electrons. The molecule has 2 amide bonds. The Hall–Kier alpha value is -2.84. The number of primary amides is 1. The van der Waals surface area contributed by atoms with Crippen molar-refractivity contribution in [3.8, 4) is 11.5 Å². The van der Waals surface area contributed by atoms with Gasteiger partial charge in [0, 0.05) is 37.7 Å². The molecular weight excluding hydrogens is 534 g/mol. The van der Waals surface area contributed by atoms with Crippen LogP contribution in [0.15, 0.2) is 41.3 Å². The van der Waals surface area contributed by atoms with Crippen molar-refractivity contribution < 1.29 is 36.3 Å². The van der Waals surface area contributed by atoms with Crippen LogP contribution in [0.4, 0.5) is 8.78 Å². The standard InChI is InChI=1S/C23H25ClF2N4O6S/c24-15-1-3-16(4-2-15)36-22-18(25)11-17(12-19(22)26)37(33,34)30-6-5-29(13-20(30)23(27)32)21(31)14-28-7-9-35-10-8-28/h1-4,11-12,20H,5-10,13-14H2,(H2,27,32)/t20-/m1/s1. The molecular formula is C23H25ClF2N4O6S. The lowest BCUT2D eigenvalue weighted by molar-refractivity contribution is -0.137. The number of carbonyl (C=O) groups is 2. The van der Waals surface area contributed by atoms with Gasteiger partial charge in [-0.2, -0.15) is 4.31 Å². The number of amides is 2. The fourth-order valence-electron chi connectivity index (χ4n) is 4.10. The Labute approximate surface area is 217 Å². The first-order chi connectivity index (χ1) is 17.6. The highest BCUT2D eigenvalue weighted by molar-refractivity contribution is 7.89. The lowest BCUT2D eigenvalue weighted by atomic mass is 10.2. The smallest absolute Gasteiger partial charge is 0.244 e. The van der Waals surface area contributed by atoms with Gasteiger partial charge in [0.1, 0.15) is 11.8 Å². The minimum atomic E-state index is -4.56. The number of hydrogen-bond acceptors (Lipinski definition) is 7. The quantitative estimate of drug-likeness (QED) is 0.545. The van der Waals surface area contributed by atoms with Gasteiger partial charge in [0.05, 0.1) is 24.7 Å². The number of halogens is 3. The Morgan fingerprint density at radius 2 is 1.68 bits per heavy atom. The number of carbonyl (C=O) groups excluding carboxylic acids is 2. The molecule has 14 heteroatoms. The monoisotopic (exact) mass is 558 g/mol. The van der Waals surface area contributed by atoms with E-state index in [1.165, 1.54) is 29.2 Å². The van der Waals surface area contributed by atoms with E-state index in [0.717, 1.165) is 4.31 Å². The highest BCUT2D eigenvalue weighted by atomic mass is 35.5. The van der Waals surface area contributed by atoms with Crippen molar-refractivity contribution in [3.63, 3.8) is 0 Å². The Kier molecular flexibility index (Phi) is 8.29. The molecule has 2 heterocycles. The van der Waals surface area contributed by atoms with Crippen LogP contribution in [0.1, 0.15) is 0 Å². The molecule has 0 aliphatic carbocycles. The maximum atomic E-state index is 14.8. The molecule has 1 atom stereocenters. The van der Waals surface area contributed by atoms with Crippen molar-refractivity contribution in [2.75, 3.05) is 52.5 Å². The van der Waals surface area contributed by atoms with Crippen LogP contribution in [0, 0.1) is 11.6 Å². The Bertz CT molecular complexity index is 1250. The molecule has 0 bridgehead atoms. The fourth-order valence-corrected chi connectivity index (χ4v) is 5.83. The molecule has 0 aromatic heterocycles. The lowest BCUT2D eigenvalue weighted by Gasteiger charge is -2.39. The zero-order chi connectivity index (χ0) is 26.7. The van der Waals surface area contributed by atoms with E-state index in [1.54, 1.807) is 0 Å². The summed E-state index contributed by atoms with van der Waals surface area (Å²) >= 11 is 5.79. The maximum Gasteiger partial charge on any atom is 0.244 e. The summed E-state index contributed by atoms with van der Waals surface area (Å²) in [4.78, 5) is 27.5. The van der Waals surface area contributed by atoms with Crippen molar-refractivity contribution in [2.24, 2.45) is 5.73 Å². The molecule has 2 aromatic rings. The highest BCUT2D eigenvalue weighted by Gasteiger charge is 2.41. The van der Waals surface area contributed by atoms with Crippen LogP contribution in [0.2, 0.25) is 5.02 Å². The summed E-state index contributed by atoms with van der Waals surface area (Å²) < 4.78 is 67.4. The summed E-state index contributed by atoms with van der Waals surface area (Å²) in [6, 6.07) is 5.51. The van der Waals surface area contributed by atoms with Gasteiger partial charge in [0.25, 0.3) is 0 Å². The topological polar surface area (TPSA) is 122 Å². The molecule has 0 unspecified atom stereocenters. The van der Waals surface area contributed by atoms with Crippen LogP contribution < -0.4 is 10.5 Å². The number of rotatable bonds is 7. The zero-order valence-electron chi connectivity index (χ0n) is 19.6. The van der Waals surface area contributed by atoms with Gasteiger partial charge < -0.3 is 20.1 Å². The third-order valence-corrected chi connectivity index (χ3v) is 8.22. The third kappa shape index (κ3) is 6.18. The van der Waals surface area contributed by atoms with Gasteiger partial charge in [-0.25, -0.2) is 17.2 Å². The summed E-state index contributed by atoms with van der Waals surface area (Å²) in [5, 5.41) is 0.390. The number of nitrogens with zero attached hydrogens (tertiary/aromatic N) is 3. The van der Waals surface area contributed by atoms with Crippen molar-refractivity contribution >= 4 is 33.4 Å². The lowest BCUT2D eigenvalue weighted by Crippen LogP contribution is -2.61. The number of morpholine rings is 1. The summed E-state index contributed by atoms with van der Waals surface area (Å²) in [7, 11) is -4.56. The Morgan fingerprint density at radius 3 is 2.27 bits per heavy atom. The van der Waals surface area contributed by atoms with E-state index in [4.69, 9.17) is 26.8 Å². The van der Waals surface area contributed by atoms with E-state index in [1.807, 2.05) is 4.90 Å². The predicted molar refractivity (Wildman–Crippen MR) is 129 cm³/mol. The van der Waals surface area contributed by atoms with E-state index in [9.17, 15) is 26.8 Å². The van der Waals surface area contributed by atoms with Crippen molar-refractivity contribution in [2.45, 2.75) is 10.9 Å². The Balaban J connectivity index is 1.52. The molecule has 2 saturated heterocycles. The minimum absolute atomic E-state index is 0.0189. The van der Waals surface area contributed by atoms with Crippen LogP contribution in [-0.2, 0) is 24.3 Å². The summed E-state index contributed by atoms with van der Waals surface area (Å²) in [6.45, 7) is 1.67. The molecule has 37 heavy (non-hydrogen) atoms. The first kappa shape index (κ1) is 27.2. The van der Waals surface area contributed by atoms with Gasteiger partial charge in [-0.3, -0.25) is 14.5 Å². The highest BCUT2D eigenvalue weighted by Crippen LogP contribution is 2.32. The van der Waals surface area contributed by atoms with E-state index < -0.39 is 44.3 Å². The number of benzene rings is 2. The minimum Gasteiger partial charge on any atom is -0.451 e. The van der Waals surface area contributed by atoms with Gasteiger partial charge >= 0.3 is 0 Å². The average Bonchev–Trinajstić information content (AvgIpc) is 2.87. The van der Waals surface area contributed by atoms with Crippen molar-refractivity contribution in [1.82, 2.24) is 14.1 Å². The van der Waals surface area contributed by atoms with E-state index >= 15 is 0 Å². The van der Waals surface area contributed by atoms with Crippen LogP contribution in [0.3, 0.4) is 0 Å². The number of nitrogens with two attached hydrogens (primary N) is 1.